The zero-order valence-electron chi connectivity index (χ0n) is 15.1. The number of guanidine groups is 1. The van der Waals surface area contributed by atoms with Gasteiger partial charge >= 0.3 is 0 Å². The molecule has 0 unspecified atom stereocenters. The van der Waals surface area contributed by atoms with Crippen molar-refractivity contribution < 1.29 is 9.32 Å². The number of hydrogen-bond donors (Lipinski definition) is 3. The quantitative estimate of drug-likeness (QED) is 0.468. The van der Waals surface area contributed by atoms with Crippen LogP contribution in [0.4, 0.5) is 5.82 Å². The molecule has 0 aliphatic heterocycles. The number of aromatic amines is 1. The highest BCUT2D eigenvalue weighted by Crippen LogP contribution is 2.21. The number of amides is 1. The van der Waals surface area contributed by atoms with Crippen molar-refractivity contribution in [2.24, 2.45) is 4.99 Å². The van der Waals surface area contributed by atoms with E-state index in [-0.39, 0.29) is 17.9 Å². The Hall–Kier alpha value is -3.13. The topological polar surface area (TPSA) is 108 Å². The number of aryl methyl sites for hydroxylation is 1. The lowest BCUT2D eigenvalue weighted by molar-refractivity contribution is 0.0975. The number of halogens is 1. The van der Waals surface area contributed by atoms with Crippen LogP contribution in [0.25, 0.3) is 11.3 Å². The fourth-order valence-electron chi connectivity index (χ4n) is 2.33. The van der Waals surface area contributed by atoms with Gasteiger partial charge in [0.1, 0.15) is 11.3 Å². The van der Waals surface area contributed by atoms with Gasteiger partial charge in [-0.1, -0.05) is 28.9 Å². The lowest BCUT2D eigenvalue weighted by Crippen LogP contribution is -2.37. The Balaban J connectivity index is 1.76. The first-order valence-electron chi connectivity index (χ1n) is 8.31. The van der Waals surface area contributed by atoms with Crippen LogP contribution in [-0.4, -0.2) is 33.3 Å². The monoisotopic (exact) mass is 386 g/mol. The maximum Gasteiger partial charge on any atom is 0.263 e. The molecule has 3 rings (SSSR count). The van der Waals surface area contributed by atoms with Crippen molar-refractivity contribution in [3.63, 3.8) is 0 Å². The highest BCUT2D eigenvalue weighted by atomic mass is 35.5. The number of anilines is 1. The Morgan fingerprint density at radius 1 is 1.30 bits per heavy atom. The van der Waals surface area contributed by atoms with Crippen molar-refractivity contribution in [3.8, 4) is 11.3 Å². The van der Waals surface area contributed by atoms with E-state index in [2.05, 4.69) is 31.0 Å². The first-order chi connectivity index (χ1) is 12.9. The zero-order valence-corrected chi connectivity index (χ0v) is 15.8. The van der Waals surface area contributed by atoms with Crippen LogP contribution in [0.3, 0.4) is 0 Å². The van der Waals surface area contributed by atoms with Gasteiger partial charge in [0.05, 0.1) is 11.9 Å². The molecule has 0 saturated carbocycles. The number of carbonyl (C=O) groups is 1. The second kappa shape index (κ2) is 8.05. The molecule has 0 radical (unpaired) electrons. The molecule has 3 N–H and O–H groups in total. The van der Waals surface area contributed by atoms with E-state index in [1.807, 2.05) is 32.0 Å². The summed E-state index contributed by atoms with van der Waals surface area (Å²) in [7, 11) is 0. The smallest absolute Gasteiger partial charge is 0.263 e. The van der Waals surface area contributed by atoms with Crippen LogP contribution in [0.15, 0.2) is 46.0 Å². The van der Waals surface area contributed by atoms with Gasteiger partial charge in [-0.2, -0.15) is 5.10 Å². The summed E-state index contributed by atoms with van der Waals surface area (Å²) < 4.78 is 4.93. The van der Waals surface area contributed by atoms with Gasteiger partial charge in [-0.05, 0) is 38.5 Å². The van der Waals surface area contributed by atoms with Gasteiger partial charge < -0.3 is 9.84 Å². The molecule has 0 saturated heterocycles. The van der Waals surface area contributed by atoms with Crippen molar-refractivity contribution in [1.29, 1.82) is 0 Å². The third kappa shape index (κ3) is 4.73. The lowest BCUT2D eigenvalue weighted by Gasteiger charge is -2.10. The van der Waals surface area contributed by atoms with Crippen LogP contribution in [0.1, 0.15) is 30.0 Å². The summed E-state index contributed by atoms with van der Waals surface area (Å²) in [5.74, 6) is 0.863. The molecule has 0 fully saturated rings. The molecule has 0 bridgehead atoms. The molecule has 2 aromatic heterocycles. The number of aliphatic imine (C=N–C) groups is 1. The lowest BCUT2D eigenvalue weighted by atomic mass is 10.1. The molecule has 0 aliphatic rings. The van der Waals surface area contributed by atoms with Crippen molar-refractivity contribution in [2.75, 3.05) is 5.32 Å². The molecule has 27 heavy (non-hydrogen) atoms. The number of carbonyl (C=O) groups excluding carboxylic acids is 1. The van der Waals surface area contributed by atoms with Gasteiger partial charge in [-0.3, -0.25) is 15.2 Å². The summed E-state index contributed by atoms with van der Waals surface area (Å²) in [5.41, 5.74) is 2.09. The molecular weight excluding hydrogens is 368 g/mol. The number of benzene rings is 1. The standard InChI is InChI=1S/C18H19ClN6O2/c1-10(2)21-18(23-17(26)14-9-20-27-11(14)3)22-16-8-15(24-25-16)12-4-6-13(19)7-5-12/h4-10H,1-3H3,(H3,21,22,23,24,25,26). The van der Waals surface area contributed by atoms with Crippen molar-refractivity contribution in [1.82, 2.24) is 20.7 Å². The van der Waals surface area contributed by atoms with Gasteiger partial charge in [0.25, 0.3) is 5.91 Å². The van der Waals surface area contributed by atoms with Crippen LogP contribution < -0.4 is 10.6 Å². The Labute approximate surface area is 161 Å². The minimum absolute atomic E-state index is 0.0361. The van der Waals surface area contributed by atoms with Crippen molar-refractivity contribution >= 4 is 29.3 Å². The van der Waals surface area contributed by atoms with Gasteiger partial charge in [0, 0.05) is 17.1 Å². The van der Waals surface area contributed by atoms with Gasteiger partial charge in [0.2, 0.25) is 5.96 Å². The third-order valence-electron chi connectivity index (χ3n) is 3.59. The highest BCUT2D eigenvalue weighted by molar-refractivity contribution is 6.30. The van der Waals surface area contributed by atoms with E-state index >= 15 is 0 Å². The number of hydrogen-bond acceptors (Lipinski definition) is 5. The summed E-state index contributed by atoms with van der Waals surface area (Å²) in [6, 6.07) is 9.16. The molecule has 140 valence electrons. The molecule has 1 aromatic carbocycles. The second-order valence-corrected chi connectivity index (χ2v) is 6.56. The molecule has 2 heterocycles. The Morgan fingerprint density at radius 3 is 2.67 bits per heavy atom. The summed E-state index contributed by atoms with van der Waals surface area (Å²) in [4.78, 5) is 16.8. The average Bonchev–Trinajstić information content (AvgIpc) is 3.24. The van der Waals surface area contributed by atoms with Crippen LogP contribution in [-0.2, 0) is 0 Å². The summed E-state index contributed by atoms with van der Waals surface area (Å²) in [5, 5.41) is 17.2. The normalized spacial score (nSPS) is 11.7. The van der Waals surface area contributed by atoms with Crippen LogP contribution >= 0.6 is 11.6 Å². The van der Waals surface area contributed by atoms with Crippen LogP contribution in [0.5, 0.6) is 0 Å². The molecule has 1 amide bonds. The molecular formula is C18H19ClN6O2. The number of nitrogens with one attached hydrogen (secondary N) is 3. The fraction of sp³-hybridized carbons (Fsp3) is 0.222. The fourth-order valence-corrected chi connectivity index (χ4v) is 2.46. The number of H-pyrrole nitrogens is 1. The number of aromatic nitrogens is 3. The molecule has 0 atom stereocenters. The van der Waals surface area contributed by atoms with Crippen molar-refractivity contribution in [3.05, 3.63) is 52.9 Å². The Morgan fingerprint density at radius 2 is 2.04 bits per heavy atom. The highest BCUT2D eigenvalue weighted by Gasteiger charge is 2.16. The maximum absolute atomic E-state index is 12.4. The Bertz CT molecular complexity index is 958. The van der Waals surface area contributed by atoms with Crippen LogP contribution in [0.2, 0.25) is 5.02 Å². The minimum atomic E-state index is -0.367. The maximum atomic E-state index is 12.4. The molecule has 8 nitrogen and oxygen atoms in total. The van der Waals surface area contributed by atoms with Crippen LogP contribution in [0, 0.1) is 6.92 Å². The van der Waals surface area contributed by atoms with E-state index in [0.717, 1.165) is 11.3 Å². The van der Waals surface area contributed by atoms with Crippen molar-refractivity contribution in [2.45, 2.75) is 26.8 Å². The number of rotatable bonds is 4. The second-order valence-electron chi connectivity index (χ2n) is 6.12. The van der Waals surface area contributed by atoms with E-state index in [0.29, 0.717) is 22.2 Å². The first kappa shape index (κ1) is 18.7. The molecule has 9 heteroatoms. The SMILES string of the molecule is Cc1oncc1C(=O)NC(=NC(C)C)Nc1cc(-c2ccc(Cl)cc2)[nH]n1. The first-order valence-corrected chi connectivity index (χ1v) is 8.69. The summed E-state index contributed by atoms with van der Waals surface area (Å²) in [6.45, 7) is 5.48. The summed E-state index contributed by atoms with van der Waals surface area (Å²) in [6.07, 6.45) is 1.37. The van der Waals surface area contributed by atoms with E-state index in [4.69, 9.17) is 16.1 Å². The van der Waals surface area contributed by atoms with E-state index in [1.165, 1.54) is 6.20 Å². The van der Waals surface area contributed by atoms with Gasteiger partial charge in [0.15, 0.2) is 5.82 Å². The zero-order chi connectivity index (χ0) is 19.4. The summed E-state index contributed by atoms with van der Waals surface area (Å²) >= 11 is 5.92. The molecule has 0 aliphatic carbocycles. The average molecular weight is 387 g/mol. The van der Waals surface area contributed by atoms with E-state index in [9.17, 15) is 4.79 Å². The van der Waals surface area contributed by atoms with E-state index in [1.54, 1.807) is 19.1 Å². The molecule has 3 aromatic rings. The van der Waals surface area contributed by atoms with Gasteiger partial charge in [-0.15, -0.1) is 0 Å². The minimum Gasteiger partial charge on any atom is -0.361 e. The largest absolute Gasteiger partial charge is 0.361 e. The van der Waals surface area contributed by atoms with Gasteiger partial charge in [-0.25, -0.2) is 4.99 Å². The third-order valence-corrected chi connectivity index (χ3v) is 3.85. The molecule has 0 spiro atoms. The Kier molecular flexibility index (Phi) is 5.56. The number of nitrogens with zero attached hydrogens (tertiary/aromatic N) is 3. The predicted octanol–water partition coefficient (Wildman–Crippen LogP) is 3.63. The van der Waals surface area contributed by atoms with E-state index < -0.39 is 0 Å². The predicted molar refractivity (Wildman–Crippen MR) is 104 cm³/mol.